The number of aliphatic imine (C=N–C) groups is 1. The summed E-state index contributed by atoms with van der Waals surface area (Å²) >= 11 is 5.78. The molecule has 1 aliphatic rings. The van der Waals surface area contributed by atoms with Crippen LogP contribution in [0.25, 0.3) is 0 Å². The lowest BCUT2D eigenvalue weighted by molar-refractivity contribution is 0.981. The van der Waals surface area contributed by atoms with Gasteiger partial charge < -0.3 is 5.32 Å². The predicted molar refractivity (Wildman–Crippen MR) is 39.9 cm³/mol. The maximum atomic E-state index is 5.78. The summed E-state index contributed by atoms with van der Waals surface area (Å²) in [7, 11) is 1.76. The Hall–Kier alpha value is -0.500. The summed E-state index contributed by atoms with van der Waals surface area (Å²) in [6.07, 6.45) is 4.55. The third-order valence-electron chi connectivity index (χ3n) is 1.21. The molecule has 0 aliphatic carbocycles. The van der Waals surface area contributed by atoms with Crippen molar-refractivity contribution in [3.63, 3.8) is 0 Å². The van der Waals surface area contributed by atoms with Gasteiger partial charge in [-0.2, -0.15) is 0 Å². The van der Waals surface area contributed by atoms with Crippen molar-refractivity contribution in [3.05, 3.63) is 12.3 Å². The Morgan fingerprint density at radius 2 is 2.67 bits per heavy atom. The summed E-state index contributed by atoms with van der Waals surface area (Å²) in [4.78, 5) is 3.97. The smallest absolute Gasteiger partial charge is 0.102 e. The van der Waals surface area contributed by atoms with Crippen LogP contribution in [-0.2, 0) is 0 Å². The van der Waals surface area contributed by atoms with E-state index in [2.05, 4.69) is 10.3 Å². The van der Waals surface area contributed by atoms with Crippen molar-refractivity contribution >= 4 is 17.4 Å². The first-order valence-electron chi connectivity index (χ1n) is 2.86. The summed E-state index contributed by atoms with van der Waals surface area (Å²) in [6.45, 7) is 0. The van der Waals surface area contributed by atoms with E-state index in [1.807, 2.05) is 12.3 Å². The molecule has 0 saturated carbocycles. The van der Waals surface area contributed by atoms with Crippen LogP contribution in [0.3, 0.4) is 0 Å². The number of allylic oxidation sites excluding steroid dienone is 1. The molecule has 50 valence electrons. The van der Waals surface area contributed by atoms with Gasteiger partial charge in [0.15, 0.2) is 0 Å². The predicted octanol–water partition coefficient (Wildman–Crippen LogP) is 1.13. The van der Waals surface area contributed by atoms with Crippen LogP contribution in [0.4, 0.5) is 0 Å². The minimum absolute atomic E-state index is 0.116. The van der Waals surface area contributed by atoms with E-state index in [0.29, 0.717) is 0 Å². The van der Waals surface area contributed by atoms with Gasteiger partial charge in [-0.25, -0.2) is 0 Å². The van der Waals surface area contributed by atoms with Crippen LogP contribution < -0.4 is 5.32 Å². The topological polar surface area (TPSA) is 24.4 Å². The zero-order valence-electron chi connectivity index (χ0n) is 5.26. The van der Waals surface area contributed by atoms with Crippen LogP contribution in [0.5, 0.6) is 0 Å². The van der Waals surface area contributed by atoms with Gasteiger partial charge in [0.2, 0.25) is 0 Å². The second-order valence-electron chi connectivity index (χ2n) is 1.89. The number of alkyl halides is 1. The normalized spacial score (nSPS) is 30.4. The lowest BCUT2D eigenvalue weighted by atomic mass is 10.2. The van der Waals surface area contributed by atoms with Crippen LogP contribution in [0.1, 0.15) is 6.42 Å². The Labute approximate surface area is 59.6 Å². The Morgan fingerprint density at radius 3 is 3.11 bits per heavy atom. The van der Waals surface area contributed by atoms with Gasteiger partial charge in [0, 0.05) is 13.5 Å². The van der Waals surface area contributed by atoms with E-state index in [1.165, 1.54) is 0 Å². The number of nitrogens with one attached hydrogen (secondary N) is 1. The number of halogens is 1. The Balaban J connectivity index is 2.58. The molecule has 1 atom stereocenters. The van der Waals surface area contributed by atoms with Gasteiger partial charge in [-0.15, -0.1) is 11.6 Å². The van der Waals surface area contributed by atoms with Crippen LogP contribution >= 0.6 is 11.6 Å². The highest BCUT2D eigenvalue weighted by atomic mass is 35.5. The standard InChI is InChI=1S/C6H9ClN2/c1-8-6-4-5(7)2-3-9-6/h2-3,5H,4H2,1H3,(H,8,9). The molecule has 0 radical (unpaired) electrons. The van der Waals surface area contributed by atoms with Crippen molar-refractivity contribution in [1.29, 1.82) is 0 Å². The molecule has 9 heavy (non-hydrogen) atoms. The fourth-order valence-corrected chi connectivity index (χ4v) is 0.935. The van der Waals surface area contributed by atoms with E-state index in [-0.39, 0.29) is 5.38 Å². The summed E-state index contributed by atoms with van der Waals surface area (Å²) in [5.74, 6) is 0.956. The highest BCUT2D eigenvalue weighted by molar-refractivity contribution is 6.23. The van der Waals surface area contributed by atoms with E-state index in [9.17, 15) is 0 Å². The Kier molecular flexibility index (Phi) is 2.11. The molecular weight excluding hydrogens is 136 g/mol. The Bertz CT molecular complexity index is 151. The van der Waals surface area contributed by atoms with Crippen molar-refractivity contribution in [2.75, 3.05) is 7.05 Å². The highest BCUT2D eigenvalue weighted by Crippen LogP contribution is 2.07. The van der Waals surface area contributed by atoms with Gasteiger partial charge in [-0.1, -0.05) is 6.08 Å². The largest absolute Gasteiger partial charge is 0.351 e. The maximum absolute atomic E-state index is 5.78. The molecule has 0 aromatic rings. The number of hydrogen-bond acceptors (Lipinski definition) is 1. The molecule has 1 unspecified atom stereocenters. The third-order valence-corrected chi connectivity index (χ3v) is 1.51. The van der Waals surface area contributed by atoms with Gasteiger partial charge in [0.1, 0.15) is 5.84 Å². The van der Waals surface area contributed by atoms with Crippen molar-refractivity contribution in [1.82, 2.24) is 5.32 Å². The molecular formula is C6H9ClN2. The van der Waals surface area contributed by atoms with E-state index < -0.39 is 0 Å². The summed E-state index contributed by atoms with van der Waals surface area (Å²) < 4.78 is 0. The zero-order valence-corrected chi connectivity index (χ0v) is 6.02. The molecule has 0 fully saturated rings. The van der Waals surface area contributed by atoms with Crippen LogP contribution in [-0.4, -0.2) is 18.3 Å². The number of amidine groups is 1. The highest BCUT2D eigenvalue weighted by Gasteiger charge is 2.07. The molecule has 0 saturated heterocycles. The van der Waals surface area contributed by atoms with Gasteiger partial charge in [-0.3, -0.25) is 4.99 Å². The lowest BCUT2D eigenvalue weighted by Gasteiger charge is -2.12. The Morgan fingerprint density at radius 1 is 1.89 bits per heavy atom. The van der Waals surface area contributed by atoms with Gasteiger partial charge in [0.05, 0.1) is 5.38 Å². The summed E-state index contributed by atoms with van der Waals surface area (Å²) in [5, 5.41) is 3.10. The van der Waals surface area contributed by atoms with Gasteiger partial charge in [0.25, 0.3) is 0 Å². The molecule has 3 heteroatoms. The lowest BCUT2D eigenvalue weighted by Crippen LogP contribution is -2.24. The van der Waals surface area contributed by atoms with Crippen molar-refractivity contribution in [3.8, 4) is 0 Å². The van der Waals surface area contributed by atoms with E-state index >= 15 is 0 Å². The average Bonchev–Trinajstić information content (AvgIpc) is 1.88. The summed E-state index contributed by atoms with van der Waals surface area (Å²) in [6, 6.07) is 0. The first kappa shape index (κ1) is 6.62. The average molecular weight is 145 g/mol. The molecule has 0 bridgehead atoms. The monoisotopic (exact) mass is 144 g/mol. The summed E-state index contributed by atoms with van der Waals surface area (Å²) in [5.41, 5.74) is 0. The van der Waals surface area contributed by atoms with Gasteiger partial charge in [-0.05, 0) is 6.20 Å². The minimum atomic E-state index is 0.116. The maximum Gasteiger partial charge on any atom is 0.102 e. The van der Waals surface area contributed by atoms with Crippen molar-refractivity contribution in [2.24, 2.45) is 4.99 Å². The molecule has 1 N–H and O–H groups in total. The third kappa shape index (κ3) is 1.72. The van der Waals surface area contributed by atoms with Crippen molar-refractivity contribution in [2.45, 2.75) is 11.8 Å². The number of hydrogen-bond donors (Lipinski definition) is 1. The second kappa shape index (κ2) is 2.87. The van der Waals surface area contributed by atoms with Gasteiger partial charge >= 0.3 is 0 Å². The molecule has 0 spiro atoms. The van der Waals surface area contributed by atoms with E-state index in [1.54, 1.807) is 7.05 Å². The molecule has 1 rings (SSSR count). The molecule has 1 aliphatic heterocycles. The quantitative estimate of drug-likeness (QED) is 0.507. The molecule has 0 amide bonds. The molecule has 2 nitrogen and oxygen atoms in total. The van der Waals surface area contributed by atoms with E-state index in [4.69, 9.17) is 11.6 Å². The molecule has 0 aromatic heterocycles. The van der Waals surface area contributed by atoms with Crippen LogP contribution in [0.2, 0.25) is 0 Å². The zero-order chi connectivity index (χ0) is 6.69. The van der Waals surface area contributed by atoms with Crippen LogP contribution in [0, 0.1) is 0 Å². The molecule has 0 aromatic carbocycles. The fourth-order valence-electron chi connectivity index (χ4n) is 0.716. The number of nitrogens with zero attached hydrogens (tertiary/aromatic N) is 1. The second-order valence-corrected chi connectivity index (χ2v) is 2.45. The van der Waals surface area contributed by atoms with Crippen LogP contribution in [0.15, 0.2) is 17.3 Å². The number of rotatable bonds is 0. The fraction of sp³-hybridized carbons (Fsp3) is 0.500. The van der Waals surface area contributed by atoms with E-state index in [0.717, 1.165) is 12.3 Å². The first-order valence-corrected chi connectivity index (χ1v) is 3.29. The first-order chi connectivity index (χ1) is 4.33. The SMILES string of the molecule is CN=C1CC(Cl)C=CN1. The van der Waals surface area contributed by atoms with Crippen molar-refractivity contribution < 1.29 is 0 Å². The minimum Gasteiger partial charge on any atom is -0.351 e. The molecule has 1 heterocycles.